The van der Waals surface area contributed by atoms with Crippen molar-refractivity contribution in [3.05, 3.63) is 129 Å². The fraction of sp³-hybridized carbons (Fsp3) is 0.207. The molecule has 0 radical (unpaired) electrons. The highest BCUT2D eigenvalue weighted by atomic mass is 19.1. The van der Waals surface area contributed by atoms with E-state index < -0.39 is 11.2 Å². The van der Waals surface area contributed by atoms with E-state index in [0.29, 0.717) is 28.3 Å². The highest BCUT2D eigenvalue weighted by Gasteiger charge is 2.22. The highest BCUT2D eigenvalue weighted by molar-refractivity contribution is 5.73. The summed E-state index contributed by atoms with van der Waals surface area (Å²) in [5.74, 6) is -0.0342. The van der Waals surface area contributed by atoms with Crippen molar-refractivity contribution in [3.8, 4) is 5.69 Å². The lowest BCUT2D eigenvalue weighted by Crippen LogP contribution is -2.40. The minimum Gasteiger partial charge on any atom is -0.317 e. The zero-order valence-electron chi connectivity index (χ0n) is 20.4. The molecule has 0 N–H and O–H groups in total. The van der Waals surface area contributed by atoms with Crippen molar-refractivity contribution in [2.75, 3.05) is 0 Å². The van der Waals surface area contributed by atoms with Crippen LogP contribution in [0.1, 0.15) is 49.4 Å². The number of hydrogen-bond acceptors (Lipinski definition) is 3. The second-order valence-electron chi connectivity index (χ2n) is 9.29. The van der Waals surface area contributed by atoms with Gasteiger partial charge < -0.3 is 4.57 Å². The van der Waals surface area contributed by atoms with Crippen LogP contribution in [0.25, 0.3) is 16.9 Å². The molecule has 0 spiro atoms. The molecule has 1 atom stereocenters. The number of nitrogens with zero attached hydrogens (tertiary/aromatic N) is 4. The second-order valence-corrected chi connectivity index (χ2v) is 9.29. The minimum absolute atomic E-state index is 0.0167. The Morgan fingerprint density at radius 1 is 0.833 bits per heavy atom. The molecule has 0 amide bonds. The molecule has 5 rings (SSSR count). The van der Waals surface area contributed by atoms with Crippen molar-refractivity contribution in [1.82, 2.24) is 18.7 Å². The number of rotatable bonds is 6. The Balaban J connectivity index is 1.76. The van der Waals surface area contributed by atoms with Crippen LogP contribution in [0.2, 0.25) is 0 Å². The number of benzene rings is 3. The molecule has 6 nitrogen and oxygen atoms in total. The summed E-state index contributed by atoms with van der Waals surface area (Å²) in [5, 5.41) is 0. The predicted molar refractivity (Wildman–Crippen MR) is 139 cm³/mol. The molecule has 0 fully saturated rings. The molecule has 2 aromatic heterocycles. The molecule has 182 valence electrons. The van der Waals surface area contributed by atoms with Crippen molar-refractivity contribution < 1.29 is 4.39 Å². The first-order chi connectivity index (χ1) is 17.3. The Hall–Kier alpha value is -4.26. The third-order valence-electron chi connectivity index (χ3n) is 6.63. The quantitative estimate of drug-likeness (QED) is 0.331. The number of halogens is 1. The number of imidazole rings is 1. The summed E-state index contributed by atoms with van der Waals surface area (Å²) >= 11 is 0. The van der Waals surface area contributed by atoms with Crippen LogP contribution in [0.15, 0.2) is 94.8 Å². The van der Waals surface area contributed by atoms with Gasteiger partial charge in [0.2, 0.25) is 0 Å². The first-order valence-electron chi connectivity index (χ1n) is 12.0. The standard InChI is InChI=1S/C29H27FN4O2/c1-19(2)22-11-15-25(16-12-22)34-27-26(33(18-31-27)20(3)23-7-5-4-6-8-23)28(35)32(29(34)36)17-21-9-13-24(30)14-10-21/h4-16,18-20H,17H2,1-3H3/t20-/m0/s1. The summed E-state index contributed by atoms with van der Waals surface area (Å²) in [6.45, 7) is 6.22. The first kappa shape index (κ1) is 23.5. The van der Waals surface area contributed by atoms with Crippen LogP contribution in [0.3, 0.4) is 0 Å². The highest BCUT2D eigenvalue weighted by Crippen LogP contribution is 2.23. The maximum Gasteiger partial charge on any atom is 0.337 e. The molecule has 0 unspecified atom stereocenters. The Morgan fingerprint density at radius 2 is 1.50 bits per heavy atom. The van der Waals surface area contributed by atoms with Gasteiger partial charge in [0.15, 0.2) is 11.2 Å². The summed E-state index contributed by atoms with van der Waals surface area (Å²) < 4.78 is 18.0. The van der Waals surface area contributed by atoms with Gasteiger partial charge in [-0.15, -0.1) is 0 Å². The Labute approximate surface area is 207 Å². The Morgan fingerprint density at radius 3 is 2.14 bits per heavy atom. The molecule has 0 saturated heterocycles. The van der Waals surface area contributed by atoms with Crippen LogP contribution in [-0.2, 0) is 6.54 Å². The van der Waals surface area contributed by atoms with Gasteiger partial charge in [0.25, 0.3) is 5.56 Å². The normalized spacial score (nSPS) is 12.4. The van der Waals surface area contributed by atoms with E-state index in [1.54, 1.807) is 18.5 Å². The maximum absolute atomic E-state index is 13.8. The van der Waals surface area contributed by atoms with Gasteiger partial charge in [-0.05, 0) is 53.8 Å². The van der Waals surface area contributed by atoms with E-state index in [1.807, 2.05) is 66.1 Å². The fourth-order valence-corrected chi connectivity index (χ4v) is 4.49. The summed E-state index contributed by atoms with van der Waals surface area (Å²) in [7, 11) is 0. The van der Waals surface area contributed by atoms with Crippen molar-refractivity contribution >= 4 is 11.2 Å². The lowest BCUT2D eigenvalue weighted by Gasteiger charge is -2.17. The van der Waals surface area contributed by atoms with E-state index in [2.05, 4.69) is 18.8 Å². The van der Waals surface area contributed by atoms with Gasteiger partial charge in [-0.1, -0.05) is 68.4 Å². The van der Waals surface area contributed by atoms with Gasteiger partial charge >= 0.3 is 5.69 Å². The molecular weight excluding hydrogens is 455 g/mol. The van der Waals surface area contributed by atoms with Crippen LogP contribution in [0.5, 0.6) is 0 Å². The van der Waals surface area contributed by atoms with Crippen molar-refractivity contribution in [1.29, 1.82) is 0 Å². The molecule has 5 aromatic rings. The van der Waals surface area contributed by atoms with E-state index in [4.69, 9.17) is 0 Å². The summed E-state index contributed by atoms with van der Waals surface area (Å²) in [6, 6.07) is 23.2. The monoisotopic (exact) mass is 482 g/mol. The van der Waals surface area contributed by atoms with Crippen LogP contribution >= 0.6 is 0 Å². The molecule has 0 saturated carbocycles. The van der Waals surface area contributed by atoms with Crippen molar-refractivity contribution in [2.24, 2.45) is 0 Å². The maximum atomic E-state index is 13.8. The van der Waals surface area contributed by atoms with Crippen LogP contribution < -0.4 is 11.2 Å². The smallest absolute Gasteiger partial charge is 0.317 e. The molecule has 3 aromatic carbocycles. The third kappa shape index (κ3) is 4.17. The van der Waals surface area contributed by atoms with Crippen LogP contribution in [0.4, 0.5) is 4.39 Å². The second kappa shape index (κ2) is 9.41. The molecule has 0 aliphatic carbocycles. The van der Waals surface area contributed by atoms with Crippen molar-refractivity contribution in [2.45, 2.75) is 39.3 Å². The number of aromatic nitrogens is 4. The largest absolute Gasteiger partial charge is 0.337 e. The Kier molecular flexibility index (Phi) is 6.14. The molecule has 0 bridgehead atoms. The summed E-state index contributed by atoms with van der Waals surface area (Å²) in [4.78, 5) is 32.1. The Bertz CT molecular complexity index is 1630. The summed E-state index contributed by atoms with van der Waals surface area (Å²) in [6.07, 6.45) is 1.62. The lowest BCUT2D eigenvalue weighted by atomic mass is 10.0. The van der Waals surface area contributed by atoms with Gasteiger partial charge in [0.1, 0.15) is 5.82 Å². The van der Waals surface area contributed by atoms with Gasteiger partial charge in [-0.25, -0.2) is 18.7 Å². The van der Waals surface area contributed by atoms with Gasteiger partial charge in [0, 0.05) is 0 Å². The predicted octanol–water partition coefficient (Wildman–Crippen LogP) is 5.27. The van der Waals surface area contributed by atoms with Gasteiger partial charge in [-0.2, -0.15) is 0 Å². The van der Waals surface area contributed by atoms with E-state index in [9.17, 15) is 14.0 Å². The van der Waals surface area contributed by atoms with Crippen molar-refractivity contribution in [3.63, 3.8) is 0 Å². The first-order valence-corrected chi connectivity index (χ1v) is 12.0. The molecule has 36 heavy (non-hydrogen) atoms. The third-order valence-corrected chi connectivity index (χ3v) is 6.63. The molecule has 2 heterocycles. The molecule has 0 aliphatic heterocycles. The number of hydrogen-bond donors (Lipinski definition) is 0. The van der Waals surface area contributed by atoms with Crippen LogP contribution in [-0.4, -0.2) is 18.7 Å². The van der Waals surface area contributed by atoms with Gasteiger partial charge in [-0.3, -0.25) is 9.36 Å². The topological polar surface area (TPSA) is 61.8 Å². The molecular formula is C29H27FN4O2. The minimum atomic E-state index is -0.494. The zero-order chi connectivity index (χ0) is 25.4. The van der Waals surface area contributed by atoms with E-state index in [-0.39, 0.29) is 18.4 Å². The van der Waals surface area contributed by atoms with E-state index >= 15 is 0 Å². The van der Waals surface area contributed by atoms with E-state index in [1.165, 1.54) is 21.3 Å². The summed E-state index contributed by atoms with van der Waals surface area (Å²) in [5.41, 5.74) is 3.15. The number of fused-ring (bicyclic) bond motifs is 1. The lowest BCUT2D eigenvalue weighted by molar-refractivity contribution is 0.623. The van der Waals surface area contributed by atoms with Gasteiger partial charge in [0.05, 0.1) is 24.6 Å². The SMILES string of the molecule is CC(C)c1ccc(-n2c(=O)n(Cc3ccc(F)cc3)c(=O)c3c2ncn3[C@@H](C)c2ccccc2)cc1. The molecule has 0 aliphatic rings. The van der Waals surface area contributed by atoms with E-state index in [0.717, 1.165) is 11.1 Å². The fourth-order valence-electron chi connectivity index (χ4n) is 4.49. The molecule has 7 heteroatoms. The average Bonchev–Trinajstić information content (AvgIpc) is 3.33. The average molecular weight is 483 g/mol. The zero-order valence-corrected chi connectivity index (χ0v) is 20.4. The van der Waals surface area contributed by atoms with Crippen LogP contribution in [0, 0.1) is 5.82 Å².